The van der Waals surface area contributed by atoms with Crippen LogP contribution in [-0.2, 0) is 0 Å². The molecule has 1 saturated heterocycles. The van der Waals surface area contributed by atoms with E-state index in [-0.39, 0.29) is 32.5 Å². The number of nitro groups is 2. The lowest BCUT2D eigenvalue weighted by Gasteiger charge is -2.34. The highest BCUT2D eigenvalue weighted by molar-refractivity contribution is 6.33. The summed E-state index contributed by atoms with van der Waals surface area (Å²) in [6, 6.07) is -0.184. The Bertz CT molecular complexity index is 1260. The first-order valence-corrected chi connectivity index (χ1v) is 15.2. The van der Waals surface area contributed by atoms with Crippen LogP contribution in [-0.4, -0.2) is 63.3 Å². The molecular formula is C31H44ClN4O4+. The summed E-state index contributed by atoms with van der Waals surface area (Å²) in [5.74, 6) is 0.542. The Morgan fingerprint density at radius 1 is 0.900 bits per heavy atom. The lowest BCUT2D eigenvalue weighted by molar-refractivity contribution is -0.562. The van der Waals surface area contributed by atoms with Crippen LogP contribution in [0.2, 0.25) is 0 Å². The molecule has 5 aliphatic rings. The van der Waals surface area contributed by atoms with Gasteiger partial charge in [-0.3, -0.25) is 20.2 Å². The van der Waals surface area contributed by atoms with Crippen LogP contribution >= 0.6 is 11.6 Å². The van der Waals surface area contributed by atoms with Gasteiger partial charge in [0.1, 0.15) is 7.05 Å². The minimum absolute atomic E-state index is 0.0892. The molecule has 8 nitrogen and oxygen atoms in total. The van der Waals surface area contributed by atoms with Gasteiger partial charge in [0.2, 0.25) is 12.1 Å². The van der Waals surface area contributed by atoms with E-state index in [0.717, 1.165) is 41.9 Å². The van der Waals surface area contributed by atoms with Crippen LogP contribution in [0.1, 0.15) is 79.1 Å². The Balaban J connectivity index is 1.35. The molecule has 3 fully saturated rings. The Morgan fingerprint density at radius 2 is 1.52 bits per heavy atom. The van der Waals surface area contributed by atoms with Crippen molar-refractivity contribution >= 4 is 17.3 Å². The molecule has 218 valence electrons. The van der Waals surface area contributed by atoms with Crippen LogP contribution in [0.5, 0.6) is 0 Å². The number of hydrogen-bond acceptors (Lipinski definition) is 5. The van der Waals surface area contributed by atoms with Crippen LogP contribution in [0.15, 0.2) is 46.2 Å². The molecule has 6 unspecified atom stereocenters. The van der Waals surface area contributed by atoms with E-state index in [0.29, 0.717) is 37.8 Å². The summed E-state index contributed by atoms with van der Waals surface area (Å²) in [7, 11) is 4.26. The highest BCUT2D eigenvalue weighted by Crippen LogP contribution is 2.53. The molecule has 9 heteroatoms. The average Bonchev–Trinajstić information content (AvgIpc) is 3.41. The second kappa shape index (κ2) is 10.4. The summed E-state index contributed by atoms with van der Waals surface area (Å²) in [5, 5.41) is 23.8. The third-order valence-electron chi connectivity index (χ3n) is 11.2. The van der Waals surface area contributed by atoms with E-state index >= 15 is 0 Å². The minimum atomic E-state index is -0.437. The maximum Gasteiger partial charge on any atom is 0.214 e. The molecule has 2 saturated carbocycles. The van der Waals surface area contributed by atoms with Crippen LogP contribution in [0, 0.1) is 42.9 Å². The highest BCUT2D eigenvalue weighted by Gasteiger charge is 2.57. The molecule has 3 aliphatic carbocycles. The highest BCUT2D eigenvalue weighted by atomic mass is 35.5. The van der Waals surface area contributed by atoms with Crippen molar-refractivity contribution in [1.29, 1.82) is 0 Å². The quantitative estimate of drug-likeness (QED) is 0.217. The van der Waals surface area contributed by atoms with Crippen molar-refractivity contribution in [3.05, 3.63) is 66.4 Å². The molecule has 5 rings (SSSR count). The van der Waals surface area contributed by atoms with Gasteiger partial charge >= 0.3 is 0 Å². The maximum atomic E-state index is 11.5. The number of hydrogen-bond donors (Lipinski definition) is 0. The van der Waals surface area contributed by atoms with Gasteiger partial charge < -0.3 is 4.90 Å². The maximum absolute atomic E-state index is 11.5. The Morgan fingerprint density at radius 3 is 2.17 bits per heavy atom. The molecule has 6 atom stereocenters. The van der Waals surface area contributed by atoms with E-state index < -0.39 is 12.1 Å². The Hall–Kier alpha value is -2.48. The van der Waals surface area contributed by atoms with Gasteiger partial charge in [-0.1, -0.05) is 37.6 Å². The first-order valence-electron chi connectivity index (χ1n) is 14.8. The Kier molecular flexibility index (Phi) is 7.56. The van der Waals surface area contributed by atoms with Crippen molar-refractivity contribution in [1.82, 2.24) is 4.90 Å². The standard InChI is InChI=1S/C31H44ClN4O4/c1-30(2)23-17-21(35(37)38)11-13-25(23)33(5)27(30)15-9-19-7-8-20(29(19)32)10-16-28-31(3,4)24-18-22(36(39)40)12-14-26(24)34(28)6/h9-10,15-16,21-26H,7-8,11-14,17-18H2,1-6H3/q+1. The molecule has 40 heavy (non-hydrogen) atoms. The SMILES string of the molecule is CN1/C(=C/C=C2\CCC(/C=C/C3=[N+](C)C4CCC([N+](=O)[O-])CC4C3(C)C)=C2Cl)C(C)(C)C2CC([N+](=O)[O-])CCC21. The van der Waals surface area contributed by atoms with Crippen LogP contribution < -0.4 is 0 Å². The molecule has 0 aromatic heterocycles. The van der Waals surface area contributed by atoms with Gasteiger partial charge in [-0.25, -0.2) is 4.58 Å². The van der Waals surface area contributed by atoms with E-state index in [1.54, 1.807) is 0 Å². The molecular weight excluding hydrogens is 528 g/mol. The van der Waals surface area contributed by atoms with Gasteiger partial charge in [0.05, 0.1) is 5.41 Å². The summed E-state index contributed by atoms with van der Waals surface area (Å²) in [5.41, 5.74) is 4.44. The third-order valence-corrected chi connectivity index (χ3v) is 11.7. The predicted octanol–water partition coefficient (Wildman–Crippen LogP) is 6.36. The number of halogens is 1. The van der Waals surface area contributed by atoms with Crippen molar-refractivity contribution in [3.63, 3.8) is 0 Å². The molecule has 0 aromatic carbocycles. The second-order valence-electron chi connectivity index (χ2n) is 13.8. The fourth-order valence-corrected chi connectivity index (χ4v) is 9.12. The summed E-state index contributed by atoms with van der Waals surface area (Å²) in [4.78, 5) is 25.2. The summed E-state index contributed by atoms with van der Waals surface area (Å²) in [6.45, 7) is 8.90. The van der Waals surface area contributed by atoms with E-state index in [1.165, 1.54) is 11.4 Å². The van der Waals surface area contributed by atoms with E-state index in [1.807, 2.05) is 0 Å². The average molecular weight is 572 g/mol. The van der Waals surface area contributed by atoms with E-state index in [9.17, 15) is 20.2 Å². The van der Waals surface area contributed by atoms with Gasteiger partial charge in [-0.05, 0) is 56.3 Å². The fraction of sp³-hybridized carbons (Fsp3) is 0.710. The van der Waals surface area contributed by atoms with E-state index in [4.69, 9.17) is 11.6 Å². The largest absolute Gasteiger partial charge is 0.374 e. The summed E-state index contributed by atoms with van der Waals surface area (Å²) >= 11 is 6.93. The predicted molar refractivity (Wildman–Crippen MR) is 158 cm³/mol. The number of rotatable bonds is 5. The molecule has 0 radical (unpaired) electrons. The van der Waals surface area contributed by atoms with Crippen LogP contribution in [0.25, 0.3) is 0 Å². The minimum Gasteiger partial charge on any atom is -0.374 e. The van der Waals surface area contributed by atoms with Gasteiger partial charge in [-0.15, -0.1) is 0 Å². The second-order valence-corrected chi connectivity index (χ2v) is 14.2. The number of fused-ring (bicyclic) bond motifs is 2. The molecule has 0 aromatic rings. The zero-order valence-electron chi connectivity index (χ0n) is 24.7. The molecule has 0 N–H and O–H groups in total. The number of likely N-dealkylation sites (tertiary alicyclic amines) is 1. The van der Waals surface area contributed by atoms with E-state index in [2.05, 4.69) is 75.6 Å². The third kappa shape index (κ3) is 4.74. The van der Waals surface area contributed by atoms with Crippen molar-refractivity contribution in [2.24, 2.45) is 22.7 Å². The van der Waals surface area contributed by atoms with Crippen molar-refractivity contribution in [2.45, 2.75) is 103 Å². The molecule has 0 spiro atoms. The van der Waals surface area contributed by atoms with Crippen LogP contribution in [0.3, 0.4) is 0 Å². The number of nitrogens with zero attached hydrogens (tertiary/aromatic N) is 4. The smallest absolute Gasteiger partial charge is 0.214 e. The molecule has 2 aliphatic heterocycles. The Labute approximate surface area is 242 Å². The first kappa shape index (κ1) is 29.0. The van der Waals surface area contributed by atoms with Gasteiger partial charge in [0.15, 0.2) is 11.8 Å². The molecule has 2 heterocycles. The first-order chi connectivity index (χ1) is 18.7. The van der Waals surface area contributed by atoms with Crippen LogP contribution in [0.4, 0.5) is 0 Å². The van der Waals surface area contributed by atoms with Gasteiger partial charge in [-0.2, -0.15) is 0 Å². The molecule has 0 amide bonds. The summed E-state index contributed by atoms with van der Waals surface area (Å²) < 4.78 is 2.35. The summed E-state index contributed by atoms with van der Waals surface area (Å²) in [6.07, 6.45) is 14.8. The van der Waals surface area contributed by atoms with Gasteiger partial charge in [0, 0.05) is 83.2 Å². The van der Waals surface area contributed by atoms with Crippen molar-refractivity contribution in [3.8, 4) is 0 Å². The zero-order chi connectivity index (χ0) is 29.1. The fourth-order valence-electron chi connectivity index (χ4n) is 8.80. The monoisotopic (exact) mass is 571 g/mol. The zero-order valence-corrected chi connectivity index (χ0v) is 25.5. The topological polar surface area (TPSA) is 92.5 Å². The lowest BCUT2D eigenvalue weighted by atomic mass is 9.68. The van der Waals surface area contributed by atoms with Gasteiger partial charge in [0.25, 0.3) is 0 Å². The van der Waals surface area contributed by atoms with Crippen molar-refractivity contribution in [2.75, 3.05) is 14.1 Å². The lowest BCUT2D eigenvalue weighted by Crippen LogP contribution is -2.41. The van der Waals surface area contributed by atoms with Crippen molar-refractivity contribution < 1.29 is 14.4 Å². The number of allylic oxidation sites excluding steroid dienone is 8. The molecule has 0 bridgehead atoms. The normalized spacial score (nSPS) is 37.1.